The molecule has 0 aromatic rings. The van der Waals surface area contributed by atoms with Crippen molar-refractivity contribution in [1.29, 1.82) is 0 Å². The van der Waals surface area contributed by atoms with Crippen LogP contribution in [0.4, 0.5) is 4.79 Å². The van der Waals surface area contributed by atoms with E-state index in [0.29, 0.717) is 19.1 Å². The molecule has 19 heavy (non-hydrogen) atoms. The van der Waals surface area contributed by atoms with Gasteiger partial charge in [0.25, 0.3) is 0 Å². The lowest BCUT2D eigenvalue weighted by Crippen LogP contribution is -2.58. The van der Waals surface area contributed by atoms with Crippen molar-refractivity contribution < 1.29 is 9.53 Å². The van der Waals surface area contributed by atoms with Crippen molar-refractivity contribution in [2.75, 3.05) is 19.6 Å². The molecule has 110 valence electrons. The van der Waals surface area contributed by atoms with E-state index >= 15 is 0 Å². The van der Waals surface area contributed by atoms with Gasteiger partial charge in [-0.3, -0.25) is 0 Å². The molecular weight excluding hydrogens is 242 g/mol. The van der Waals surface area contributed by atoms with Crippen molar-refractivity contribution in [2.24, 2.45) is 5.73 Å². The number of carbonyl (C=O) groups is 1. The van der Waals surface area contributed by atoms with E-state index in [4.69, 9.17) is 10.5 Å². The van der Waals surface area contributed by atoms with Crippen LogP contribution in [0.2, 0.25) is 0 Å². The number of nitrogens with zero attached hydrogens (tertiary/aromatic N) is 1. The highest BCUT2D eigenvalue weighted by Crippen LogP contribution is 2.27. The van der Waals surface area contributed by atoms with E-state index < -0.39 is 5.60 Å². The van der Waals surface area contributed by atoms with E-state index in [1.54, 1.807) is 4.90 Å². The number of likely N-dealkylation sites (tertiary alicyclic amines) is 1. The Morgan fingerprint density at radius 3 is 2.63 bits per heavy atom. The summed E-state index contributed by atoms with van der Waals surface area (Å²) >= 11 is 0. The number of nitrogens with one attached hydrogen (secondary N) is 1. The fourth-order valence-corrected chi connectivity index (χ4v) is 2.68. The largest absolute Gasteiger partial charge is 0.444 e. The molecule has 2 aliphatic rings. The highest BCUT2D eigenvalue weighted by Gasteiger charge is 2.42. The van der Waals surface area contributed by atoms with Gasteiger partial charge < -0.3 is 20.7 Å². The summed E-state index contributed by atoms with van der Waals surface area (Å²) in [6, 6.07) is 0.585. The third-order valence-corrected chi connectivity index (χ3v) is 4.01. The molecule has 1 saturated heterocycles. The van der Waals surface area contributed by atoms with Crippen molar-refractivity contribution in [3.05, 3.63) is 0 Å². The summed E-state index contributed by atoms with van der Waals surface area (Å²) < 4.78 is 5.42. The molecule has 0 aromatic heterocycles. The molecule has 1 atom stereocenters. The van der Waals surface area contributed by atoms with Gasteiger partial charge in [0.1, 0.15) is 5.60 Å². The normalized spacial score (nSPS) is 28.3. The van der Waals surface area contributed by atoms with Crippen molar-refractivity contribution >= 4 is 6.09 Å². The molecule has 5 nitrogen and oxygen atoms in total. The average molecular weight is 269 g/mol. The van der Waals surface area contributed by atoms with E-state index in [1.165, 1.54) is 19.3 Å². The van der Waals surface area contributed by atoms with Gasteiger partial charge >= 0.3 is 6.09 Å². The fraction of sp³-hybridized carbons (Fsp3) is 0.929. The van der Waals surface area contributed by atoms with E-state index in [-0.39, 0.29) is 11.6 Å². The Hall–Kier alpha value is -0.810. The molecule has 0 aromatic carbocycles. The highest BCUT2D eigenvalue weighted by molar-refractivity contribution is 5.68. The first-order valence-corrected chi connectivity index (χ1v) is 7.29. The zero-order chi connectivity index (χ0) is 14.1. The molecule has 2 fully saturated rings. The van der Waals surface area contributed by atoms with Gasteiger partial charge in [-0.15, -0.1) is 0 Å². The van der Waals surface area contributed by atoms with Crippen molar-refractivity contribution in [3.8, 4) is 0 Å². The molecule has 5 heteroatoms. The minimum atomic E-state index is -0.438. The number of hydrogen-bond acceptors (Lipinski definition) is 4. The topological polar surface area (TPSA) is 67.6 Å². The van der Waals surface area contributed by atoms with Crippen LogP contribution >= 0.6 is 0 Å². The van der Waals surface area contributed by atoms with Crippen LogP contribution in [0.3, 0.4) is 0 Å². The Bertz CT molecular complexity index is 336. The number of rotatable bonds is 3. The first kappa shape index (κ1) is 14.6. The van der Waals surface area contributed by atoms with Crippen LogP contribution < -0.4 is 11.1 Å². The summed E-state index contributed by atoms with van der Waals surface area (Å²) in [5.74, 6) is 0. The van der Waals surface area contributed by atoms with Gasteiger partial charge in [-0.2, -0.15) is 0 Å². The lowest BCUT2D eigenvalue weighted by molar-refractivity contribution is 0.0278. The molecule has 0 radical (unpaired) electrons. The lowest BCUT2D eigenvalue weighted by atomic mass is 9.88. The van der Waals surface area contributed by atoms with Crippen LogP contribution in [-0.2, 0) is 4.74 Å². The van der Waals surface area contributed by atoms with Gasteiger partial charge in [-0.05, 0) is 40.0 Å². The number of amides is 1. The Balaban J connectivity index is 1.91. The lowest BCUT2D eigenvalue weighted by Gasteiger charge is -2.38. The summed E-state index contributed by atoms with van der Waals surface area (Å²) in [6.07, 6.45) is 4.45. The van der Waals surface area contributed by atoms with Gasteiger partial charge in [0.15, 0.2) is 0 Å². The third kappa shape index (κ3) is 3.60. The number of ether oxygens (including phenoxy) is 1. The molecular formula is C14H27N3O2. The van der Waals surface area contributed by atoms with Gasteiger partial charge in [0.2, 0.25) is 0 Å². The molecule has 0 spiro atoms. The monoisotopic (exact) mass is 269 g/mol. The predicted molar refractivity (Wildman–Crippen MR) is 75.0 cm³/mol. The molecule has 1 unspecified atom stereocenters. The highest BCUT2D eigenvalue weighted by atomic mass is 16.6. The average Bonchev–Trinajstić information content (AvgIpc) is 2.66. The smallest absolute Gasteiger partial charge is 0.410 e. The van der Waals surface area contributed by atoms with Crippen LogP contribution in [0.1, 0.15) is 46.5 Å². The molecule has 1 aliphatic carbocycles. The second kappa shape index (κ2) is 5.29. The van der Waals surface area contributed by atoms with Crippen LogP contribution in [0, 0.1) is 0 Å². The summed E-state index contributed by atoms with van der Waals surface area (Å²) in [4.78, 5) is 13.9. The minimum absolute atomic E-state index is 0.109. The summed E-state index contributed by atoms with van der Waals surface area (Å²) in [5.41, 5.74) is 5.40. The van der Waals surface area contributed by atoms with Crippen LogP contribution in [0.15, 0.2) is 0 Å². The van der Waals surface area contributed by atoms with E-state index in [2.05, 4.69) is 5.32 Å². The standard InChI is InChI=1S/C14H27N3O2/c1-13(2,3)19-12(18)17-8-7-14(9-15,10-17)16-11-5-4-6-11/h11,16H,4-10,15H2,1-3H3. The fourth-order valence-electron chi connectivity index (χ4n) is 2.68. The maximum atomic E-state index is 12.1. The van der Waals surface area contributed by atoms with Crippen LogP contribution in [0.5, 0.6) is 0 Å². The summed E-state index contributed by atoms with van der Waals surface area (Å²) in [6.45, 7) is 7.64. The van der Waals surface area contributed by atoms with Crippen LogP contribution in [-0.4, -0.2) is 47.8 Å². The van der Waals surface area contributed by atoms with Gasteiger partial charge in [-0.25, -0.2) is 4.79 Å². The first-order chi connectivity index (χ1) is 8.84. The van der Waals surface area contributed by atoms with E-state index in [0.717, 1.165) is 13.0 Å². The maximum Gasteiger partial charge on any atom is 0.410 e. The minimum Gasteiger partial charge on any atom is -0.444 e. The summed E-state index contributed by atoms with van der Waals surface area (Å²) in [7, 11) is 0. The Kier molecular flexibility index (Phi) is 4.06. The second-order valence-corrected chi connectivity index (χ2v) is 6.91. The van der Waals surface area contributed by atoms with Gasteiger partial charge in [0.05, 0.1) is 5.54 Å². The predicted octanol–water partition coefficient (Wildman–Crippen LogP) is 1.47. The molecule has 2 rings (SSSR count). The zero-order valence-electron chi connectivity index (χ0n) is 12.4. The van der Waals surface area contributed by atoms with Crippen LogP contribution in [0.25, 0.3) is 0 Å². The zero-order valence-corrected chi connectivity index (χ0v) is 12.4. The van der Waals surface area contributed by atoms with E-state index in [1.807, 2.05) is 20.8 Å². The second-order valence-electron chi connectivity index (χ2n) is 6.91. The quantitative estimate of drug-likeness (QED) is 0.814. The number of carbonyl (C=O) groups excluding carboxylic acids is 1. The third-order valence-electron chi connectivity index (χ3n) is 4.01. The molecule has 1 saturated carbocycles. The van der Waals surface area contributed by atoms with Gasteiger partial charge in [0, 0.05) is 25.7 Å². The molecule has 3 N–H and O–H groups in total. The Morgan fingerprint density at radius 1 is 1.47 bits per heavy atom. The maximum absolute atomic E-state index is 12.1. The first-order valence-electron chi connectivity index (χ1n) is 7.29. The SMILES string of the molecule is CC(C)(C)OC(=O)N1CCC(CN)(NC2CCC2)C1. The molecule has 1 amide bonds. The molecule has 1 aliphatic heterocycles. The van der Waals surface area contributed by atoms with Crippen molar-refractivity contribution in [3.63, 3.8) is 0 Å². The van der Waals surface area contributed by atoms with Crippen molar-refractivity contribution in [1.82, 2.24) is 10.2 Å². The van der Waals surface area contributed by atoms with Gasteiger partial charge in [-0.1, -0.05) is 6.42 Å². The Morgan fingerprint density at radius 2 is 2.16 bits per heavy atom. The Labute approximate surface area is 115 Å². The number of hydrogen-bond donors (Lipinski definition) is 2. The molecule has 1 heterocycles. The molecule has 0 bridgehead atoms. The number of nitrogens with two attached hydrogens (primary N) is 1. The van der Waals surface area contributed by atoms with Crippen molar-refractivity contribution in [2.45, 2.75) is 63.6 Å². The van der Waals surface area contributed by atoms with E-state index in [9.17, 15) is 4.79 Å². The summed E-state index contributed by atoms with van der Waals surface area (Å²) in [5, 5.41) is 3.65.